The van der Waals surface area contributed by atoms with Crippen molar-refractivity contribution in [2.75, 3.05) is 26.8 Å². The highest BCUT2D eigenvalue weighted by molar-refractivity contribution is 5.83. The molecule has 7 heteroatoms. The van der Waals surface area contributed by atoms with Crippen LogP contribution in [-0.2, 0) is 27.3 Å². The zero-order chi connectivity index (χ0) is 22.6. The van der Waals surface area contributed by atoms with E-state index in [2.05, 4.69) is 5.10 Å². The van der Waals surface area contributed by atoms with Gasteiger partial charge in [-0.3, -0.25) is 14.3 Å². The Morgan fingerprint density at radius 3 is 2.81 bits per heavy atom. The number of hydrogen-bond donors (Lipinski definition) is 0. The van der Waals surface area contributed by atoms with E-state index in [0.29, 0.717) is 32.5 Å². The van der Waals surface area contributed by atoms with Gasteiger partial charge in [-0.2, -0.15) is 5.10 Å². The van der Waals surface area contributed by atoms with Crippen LogP contribution in [0.5, 0.6) is 5.75 Å². The standard InChI is InChI=1S/C25H29N3O4/c1-3-32-24(30)25(15-19-8-6-10-21(14-19)31-2)12-7-13-27(18-25)23(29)17-28-22-11-5-4-9-20(22)16-26-28/h4-6,8-11,14,16H,3,7,12-13,15,17-18H2,1-2H3. The smallest absolute Gasteiger partial charge is 0.314 e. The van der Waals surface area contributed by atoms with E-state index in [0.717, 1.165) is 28.6 Å². The fourth-order valence-electron chi connectivity index (χ4n) is 4.57. The molecule has 4 rings (SSSR count). The minimum Gasteiger partial charge on any atom is -0.497 e. The molecule has 1 aliphatic heterocycles. The van der Waals surface area contributed by atoms with Gasteiger partial charge in [0.15, 0.2) is 0 Å². The minimum atomic E-state index is -0.775. The maximum absolute atomic E-state index is 13.2. The lowest BCUT2D eigenvalue weighted by atomic mass is 9.75. The summed E-state index contributed by atoms with van der Waals surface area (Å²) in [6.45, 7) is 3.22. The number of fused-ring (bicyclic) bond motifs is 1. The fourth-order valence-corrected chi connectivity index (χ4v) is 4.57. The number of amides is 1. The van der Waals surface area contributed by atoms with Crippen LogP contribution in [0.1, 0.15) is 25.3 Å². The third-order valence-corrected chi connectivity index (χ3v) is 6.15. The number of carbonyl (C=O) groups excluding carboxylic acids is 2. The first kappa shape index (κ1) is 21.9. The Hall–Kier alpha value is -3.35. The first-order chi connectivity index (χ1) is 15.5. The average molecular weight is 436 g/mol. The number of piperidine rings is 1. The van der Waals surface area contributed by atoms with E-state index in [-0.39, 0.29) is 18.4 Å². The number of aromatic nitrogens is 2. The summed E-state index contributed by atoms with van der Waals surface area (Å²) < 4.78 is 12.5. The Morgan fingerprint density at radius 2 is 2.00 bits per heavy atom. The Kier molecular flexibility index (Phi) is 6.44. The Balaban J connectivity index is 1.56. The summed E-state index contributed by atoms with van der Waals surface area (Å²) in [6.07, 6.45) is 3.69. The van der Waals surface area contributed by atoms with Gasteiger partial charge in [0.2, 0.25) is 5.91 Å². The number of rotatable bonds is 7. The number of para-hydroxylation sites is 1. The van der Waals surface area contributed by atoms with Crippen molar-refractivity contribution in [2.45, 2.75) is 32.7 Å². The van der Waals surface area contributed by atoms with Crippen molar-refractivity contribution < 1.29 is 19.1 Å². The summed E-state index contributed by atoms with van der Waals surface area (Å²) in [5.74, 6) is 0.457. The third kappa shape index (κ3) is 4.47. The molecule has 1 unspecified atom stereocenters. The quantitative estimate of drug-likeness (QED) is 0.532. The number of esters is 1. The average Bonchev–Trinajstić information content (AvgIpc) is 3.22. The zero-order valence-electron chi connectivity index (χ0n) is 18.6. The molecule has 1 aliphatic rings. The van der Waals surface area contributed by atoms with Gasteiger partial charge in [-0.1, -0.05) is 30.3 Å². The zero-order valence-corrected chi connectivity index (χ0v) is 18.6. The predicted octanol–water partition coefficient (Wildman–Crippen LogP) is 3.46. The van der Waals surface area contributed by atoms with Crippen molar-refractivity contribution in [1.82, 2.24) is 14.7 Å². The van der Waals surface area contributed by atoms with Crippen LogP contribution in [0, 0.1) is 5.41 Å². The molecule has 168 valence electrons. The Morgan fingerprint density at radius 1 is 1.16 bits per heavy atom. The van der Waals surface area contributed by atoms with E-state index >= 15 is 0 Å². The summed E-state index contributed by atoms with van der Waals surface area (Å²) in [7, 11) is 1.63. The topological polar surface area (TPSA) is 73.7 Å². The van der Waals surface area contributed by atoms with Gasteiger partial charge < -0.3 is 14.4 Å². The van der Waals surface area contributed by atoms with Crippen LogP contribution in [0.2, 0.25) is 0 Å². The maximum atomic E-state index is 13.2. The van der Waals surface area contributed by atoms with E-state index < -0.39 is 5.41 Å². The lowest BCUT2D eigenvalue weighted by Gasteiger charge is -2.41. The van der Waals surface area contributed by atoms with Gasteiger partial charge in [-0.15, -0.1) is 0 Å². The second-order valence-electron chi connectivity index (χ2n) is 8.31. The second-order valence-corrected chi connectivity index (χ2v) is 8.31. The molecule has 32 heavy (non-hydrogen) atoms. The number of likely N-dealkylation sites (tertiary alicyclic amines) is 1. The summed E-state index contributed by atoms with van der Waals surface area (Å²) >= 11 is 0. The van der Waals surface area contributed by atoms with E-state index in [1.165, 1.54) is 0 Å². The Labute approximate surface area is 187 Å². The molecule has 1 aromatic heterocycles. The number of nitrogens with zero attached hydrogens (tertiary/aromatic N) is 3. The van der Waals surface area contributed by atoms with Crippen LogP contribution in [0.4, 0.5) is 0 Å². The van der Waals surface area contributed by atoms with Gasteiger partial charge in [0.05, 0.1) is 30.8 Å². The molecule has 2 aromatic carbocycles. The first-order valence-electron chi connectivity index (χ1n) is 11.0. The molecule has 1 fully saturated rings. The van der Waals surface area contributed by atoms with Crippen LogP contribution in [0.3, 0.4) is 0 Å². The van der Waals surface area contributed by atoms with Gasteiger partial charge >= 0.3 is 5.97 Å². The number of carbonyl (C=O) groups is 2. The Bertz CT molecular complexity index is 1110. The largest absolute Gasteiger partial charge is 0.497 e. The first-order valence-corrected chi connectivity index (χ1v) is 11.0. The van der Waals surface area contributed by atoms with Crippen LogP contribution in [0.25, 0.3) is 10.9 Å². The molecule has 0 aliphatic carbocycles. The third-order valence-electron chi connectivity index (χ3n) is 6.15. The van der Waals surface area contributed by atoms with Gasteiger partial charge in [0.25, 0.3) is 0 Å². The number of methoxy groups -OCH3 is 1. The lowest BCUT2D eigenvalue weighted by molar-refractivity contribution is -0.161. The van der Waals surface area contributed by atoms with E-state index in [4.69, 9.17) is 9.47 Å². The van der Waals surface area contributed by atoms with Crippen molar-refractivity contribution in [3.63, 3.8) is 0 Å². The highest BCUT2D eigenvalue weighted by Crippen LogP contribution is 2.36. The van der Waals surface area contributed by atoms with Crippen molar-refractivity contribution in [1.29, 1.82) is 0 Å². The van der Waals surface area contributed by atoms with Gasteiger partial charge in [0.1, 0.15) is 12.3 Å². The van der Waals surface area contributed by atoms with Crippen LogP contribution < -0.4 is 4.74 Å². The highest BCUT2D eigenvalue weighted by atomic mass is 16.5. The van der Waals surface area contributed by atoms with Crippen molar-refractivity contribution in [3.05, 3.63) is 60.3 Å². The molecule has 1 amide bonds. The number of hydrogen-bond acceptors (Lipinski definition) is 5. The van der Waals surface area contributed by atoms with Crippen molar-refractivity contribution in [3.8, 4) is 5.75 Å². The molecule has 0 saturated carbocycles. The van der Waals surface area contributed by atoms with E-state index in [9.17, 15) is 9.59 Å². The van der Waals surface area contributed by atoms with Crippen LogP contribution in [0.15, 0.2) is 54.7 Å². The van der Waals surface area contributed by atoms with Gasteiger partial charge in [-0.05, 0) is 49.9 Å². The molecular formula is C25H29N3O4. The summed E-state index contributed by atoms with van der Waals surface area (Å²) in [5.41, 5.74) is 1.14. The molecular weight excluding hydrogens is 406 g/mol. The van der Waals surface area contributed by atoms with Gasteiger partial charge in [-0.25, -0.2) is 0 Å². The summed E-state index contributed by atoms with van der Waals surface area (Å²) in [5, 5.41) is 5.38. The van der Waals surface area contributed by atoms with E-state index in [1.54, 1.807) is 22.9 Å². The maximum Gasteiger partial charge on any atom is 0.314 e. The van der Waals surface area contributed by atoms with Crippen LogP contribution >= 0.6 is 0 Å². The molecule has 0 N–H and O–H groups in total. The monoisotopic (exact) mass is 435 g/mol. The molecule has 2 heterocycles. The molecule has 3 aromatic rings. The number of ether oxygens (including phenoxy) is 2. The van der Waals surface area contributed by atoms with Gasteiger partial charge in [0, 0.05) is 18.5 Å². The van der Waals surface area contributed by atoms with E-state index in [1.807, 2.05) is 55.5 Å². The van der Waals surface area contributed by atoms with Crippen molar-refractivity contribution >= 4 is 22.8 Å². The molecule has 0 radical (unpaired) electrons. The minimum absolute atomic E-state index is 0.0436. The fraction of sp³-hybridized carbons (Fsp3) is 0.400. The normalized spacial score (nSPS) is 18.5. The predicted molar refractivity (Wildman–Crippen MR) is 121 cm³/mol. The molecule has 0 spiro atoms. The highest BCUT2D eigenvalue weighted by Gasteiger charge is 2.44. The molecule has 1 saturated heterocycles. The lowest BCUT2D eigenvalue weighted by Crippen LogP contribution is -2.52. The summed E-state index contributed by atoms with van der Waals surface area (Å²) in [4.78, 5) is 28.1. The molecule has 1 atom stereocenters. The summed E-state index contributed by atoms with van der Waals surface area (Å²) in [6, 6.07) is 15.5. The van der Waals surface area contributed by atoms with Crippen molar-refractivity contribution in [2.24, 2.45) is 5.41 Å². The van der Waals surface area contributed by atoms with Crippen LogP contribution in [-0.4, -0.2) is 53.4 Å². The molecule has 0 bridgehead atoms. The number of benzene rings is 2. The second kappa shape index (κ2) is 9.42. The molecule has 7 nitrogen and oxygen atoms in total. The SMILES string of the molecule is CCOC(=O)C1(Cc2cccc(OC)c2)CCCN(C(=O)Cn2ncc3ccccc32)C1.